The van der Waals surface area contributed by atoms with Gasteiger partial charge in [0.05, 0.1) is 18.4 Å². The lowest BCUT2D eigenvalue weighted by molar-refractivity contribution is 0.0657. The zero-order valence-electron chi connectivity index (χ0n) is 15.7. The molecule has 1 aromatic heterocycles. The fourth-order valence-corrected chi connectivity index (χ4v) is 3.82. The molecule has 148 valence electrons. The molecule has 28 heavy (non-hydrogen) atoms. The van der Waals surface area contributed by atoms with Crippen molar-refractivity contribution in [3.8, 4) is 5.75 Å². The second-order valence-electron chi connectivity index (χ2n) is 7.34. The molecule has 2 aliphatic heterocycles. The van der Waals surface area contributed by atoms with Crippen LogP contribution in [0.3, 0.4) is 0 Å². The van der Waals surface area contributed by atoms with Crippen LogP contribution in [0.25, 0.3) is 0 Å². The van der Waals surface area contributed by atoms with E-state index in [0.717, 1.165) is 30.8 Å². The van der Waals surface area contributed by atoms with E-state index in [1.807, 2.05) is 30.1 Å². The summed E-state index contributed by atoms with van der Waals surface area (Å²) in [6, 6.07) is 5.62. The average Bonchev–Trinajstić information content (AvgIpc) is 3.16. The van der Waals surface area contributed by atoms with Gasteiger partial charge in [-0.15, -0.1) is 5.10 Å². The number of aromatic nitrogens is 3. The highest BCUT2D eigenvalue weighted by Crippen LogP contribution is 2.32. The normalized spacial score (nSPS) is 19.1. The summed E-state index contributed by atoms with van der Waals surface area (Å²) in [5.74, 6) is -0.140. The number of amides is 1. The van der Waals surface area contributed by atoms with Crippen molar-refractivity contribution in [1.29, 1.82) is 0 Å². The molecule has 1 N–H and O–H groups in total. The number of nitrogens with zero attached hydrogens (tertiary/aromatic N) is 5. The Morgan fingerprint density at radius 3 is 2.96 bits per heavy atom. The Labute approximate surface area is 162 Å². The van der Waals surface area contributed by atoms with Crippen molar-refractivity contribution in [2.24, 2.45) is 5.92 Å². The Hall–Kier alpha value is -3.10. The van der Waals surface area contributed by atoms with Crippen LogP contribution in [0.4, 0.5) is 5.69 Å². The van der Waals surface area contributed by atoms with Gasteiger partial charge in [0.2, 0.25) is 0 Å². The van der Waals surface area contributed by atoms with Crippen molar-refractivity contribution in [3.05, 3.63) is 35.7 Å². The van der Waals surface area contributed by atoms with Crippen LogP contribution in [-0.4, -0.2) is 70.2 Å². The molecule has 0 spiro atoms. The predicted octanol–water partition coefficient (Wildman–Crippen LogP) is 1.36. The first-order valence-electron chi connectivity index (χ1n) is 9.42. The van der Waals surface area contributed by atoms with Crippen molar-refractivity contribution in [1.82, 2.24) is 19.9 Å². The SMILES string of the molecule is CN1CCOc2cc(C(=O)N3CCCC(Cn4cc(C(=O)O)nn4)C3)ccc21. The smallest absolute Gasteiger partial charge is 0.358 e. The lowest BCUT2D eigenvalue weighted by atomic mass is 9.97. The van der Waals surface area contributed by atoms with E-state index in [9.17, 15) is 9.59 Å². The van der Waals surface area contributed by atoms with Crippen LogP contribution >= 0.6 is 0 Å². The van der Waals surface area contributed by atoms with E-state index in [-0.39, 0.29) is 17.5 Å². The number of carboxylic acids is 1. The predicted molar refractivity (Wildman–Crippen MR) is 101 cm³/mol. The standard InChI is InChI=1S/C19H23N5O4/c1-22-7-8-28-17-9-14(4-5-16(17)22)18(25)23-6-2-3-13(10-23)11-24-12-15(19(26)27)20-21-24/h4-5,9,12-13H,2-3,6-8,10-11H2,1H3,(H,26,27). The Kier molecular flexibility index (Phi) is 4.89. The third-order valence-electron chi connectivity index (χ3n) is 5.31. The molecule has 0 aliphatic carbocycles. The zero-order chi connectivity index (χ0) is 19.7. The molecule has 0 radical (unpaired) electrons. The lowest BCUT2D eigenvalue weighted by Crippen LogP contribution is -2.41. The molecule has 2 aromatic rings. The van der Waals surface area contributed by atoms with Gasteiger partial charge >= 0.3 is 5.97 Å². The molecule has 1 atom stereocenters. The topological polar surface area (TPSA) is 101 Å². The van der Waals surface area contributed by atoms with Gasteiger partial charge < -0.3 is 19.6 Å². The number of carbonyl (C=O) groups is 2. The molecule has 3 heterocycles. The third-order valence-corrected chi connectivity index (χ3v) is 5.31. The van der Waals surface area contributed by atoms with E-state index < -0.39 is 5.97 Å². The van der Waals surface area contributed by atoms with Gasteiger partial charge in [-0.2, -0.15) is 0 Å². The van der Waals surface area contributed by atoms with Gasteiger partial charge in [0.25, 0.3) is 5.91 Å². The number of likely N-dealkylation sites (N-methyl/N-ethyl adjacent to an activating group) is 1. The molecule has 9 nitrogen and oxygen atoms in total. The first-order chi connectivity index (χ1) is 13.5. The van der Waals surface area contributed by atoms with Gasteiger partial charge in [0, 0.05) is 32.2 Å². The molecule has 2 aliphatic rings. The molecule has 1 saturated heterocycles. The fraction of sp³-hybridized carbons (Fsp3) is 0.474. The maximum atomic E-state index is 13.0. The first kappa shape index (κ1) is 18.3. The second kappa shape index (κ2) is 7.49. The highest BCUT2D eigenvalue weighted by Gasteiger charge is 2.26. The molecule has 0 saturated carbocycles. The molecule has 4 rings (SSSR count). The van der Waals surface area contributed by atoms with Crippen LogP contribution in [0.2, 0.25) is 0 Å². The zero-order valence-corrected chi connectivity index (χ0v) is 15.7. The number of aromatic carboxylic acids is 1. The van der Waals surface area contributed by atoms with Crippen molar-refractivity contribution in [2.45, 2.75) is 19.4 Å². The van der Waals surface area contributed by atoms with E-state index in [1.165, 1.54) is 6.20 Å². The number of carboxylic acid groups (broad SMARTS) is 1. The van der Waals surface area contributed by atoms with Crippen LogP contribution in [0, 0.1) is 5.92 Å². The summed E-state index contributed by atoms with van der Waals surface area (Å²) in [4.78, 5) is 27.9. The quantitative estimate of drug-likeness (QED) is 0.848. The number of rotatable bonds is 4. The number of anilines is 1. The molecule has 1 amide bonds. The second-order valence-corrected chi connectivity index (χ2v) is 7.34. The molecule has 0 bridgehead atoms. The number of ether oxygens (including phenoxy) is 1. The van der Waals surface area contributed by atoms with Crippen LogP contribution in [-0.2, 0) is 6.54 Å². The Bertz CT molecular complexity index is 896. The Morgan fingerprint density at radius 2 is 2.18 bits per heavy atom. The maximum absolute atomic E-state index is 13.0. The molecular formula is C19H23N5O4. The number of carbonyl (C=O) groups excluding carboxylic acids is 1. The summed E-state index contributed by atoms with van der Waals surface area (Å²) in [6.45, 7) is 3.31. The maximum Gasteiger partial charge on any atom is 0.358 e. The summed E-state index contributed by atoms with van der Waals surface area (Å²) in [6.07, 6.45) is 3.30. The molecular weight excluding hydrogens is 362 g/mol. The minimum atomic E-state index is -1.09. The van der Waals surface area contributed by atoms with Crippen molar-refractivity contribution in [3.63, 3.8) is 0 Å². The Morgan fingerprint density at radius 1 is 1.32 bits per heavy atom. The van der Waals surface area contributed by atoms with Crippen LogP contribution in [0.5, 0.6) is 5.75 Å². The third kappa shape index (κ3) is 3.64. The van der Waals surface area contributed by atoms with E-state index in [4.69, 9.17) is 9.84 Å². The summed E-state index contributed by atoms with van der Waals surface area (Å²) < 4.78 is 7.26. The number of benzene rings is 1. The fourth-order valence-electron chi connectivity index (χ4n) is 3.82. The molecule has 1 unspecified atom stereocenters. The van der Waals surface area contributed by atoms with E-state index in [0.29, 0.717) is 31.8 Å². The van der Waals surface area contributed by atoms with E-state index in [2.05, 4.69) is 15.2 Å². The summed E-state index contributed by atoms with van der Waals surface area (Å²) in [5.41, 5.74) is 1.56. The highest BCUT2D eigenvalue weighted by atomic mass is 16.5. The lowest BCUT2D eigenvalue weighted by Gasteiger charge is -2.33. The van der Waals surface area contributed by atoms with Gasteiger partial charge in [-0.25, -0.2) is 4.79 Å². The monoisotopic (exact) mass is 385 g/mol. The van der Waals surface area contributed by atoms with Crippen LogP contribution in [0.15, 0.2) is 24.4 Å². The minimum Gasteiger partial charge on any atom is -0.490 e. The van der Waals surface area contributed by atoms with E-state index in [1.54, 1.807) is 4.68 Å². The Balaban J connectivity index is 1.43. The number of likely N-dealkylation sites (tertiary alicyclic amines) is 1. The van der Waals surface area contributed by atoms with Crippen molar-refractivity contribution < 1.29 is 19.4 Å². The minimum absolute atomic E-state index is 0.00542. The van der Waals surface area contributed by atoms with Crippen LogP contribution in [0.1, 0.15) is 33.7 Å². The molecule has 1 fully saturated rings. The average molecular weight is 385 g/mol. The van der Waals surface area contributed by atoms with Crippen LogP contribution < -0.4 is 9.64 Å². The summed E-state index contributed by atoms with van der Waals surface area (Å²) in [7, 11) is 2.01. The molecule has 1 aromatic carbocycles. The number of hydrogen-bond donors (Lipinski definition) is 1. The van der Waals surface area contributed by atoms with Crippen molar-refractivity contribution in [2.75, 3.05) is 38.2 Å². The van der Waals surface area contributed by atoms with E-state index >= 15 is 0 Å². The number of hydrogen-bond acceptors (Lipinski definition) is 6. The van der Waals surface area contributed by atoms with Crippen molar-refractivity contribution >= 4 is 17.6 Å². The van der Waals surface area contributed by atoms with Gasteiger partial charge in [0.1, 0.15) is 12.4 Å². The molecule has 9 heteroatoms. The summed E-state index contributed by atoms with van der Waals surface area (Å²) in [5, 5.41) is 16.5. The summed E-state index contributed by atoms with van der Waals surface area (Å²) >= 11 is 0. The number of piperidine rings is 1. The van der Waals surface area contributed by atoms with Gasteiger partial charge in [-0.3, -0.25) is 9.48 Å². The largest absolute Gasteiger partial charge is 0.490 e. The highest BCUT2D eigenvalue weighted by molar-refractivity contribution is 5.95. The van der Waals surface area contributed by atoms with Gasteiger partial charge in [-0.05, 0) is 37.0 Å². The van der Waals surface area contributed by atoms with Gasteiger partial charge in [-0.1, -0.05) is 5.21 Å². The van der Waals surface area contributed by atoms with Gasteiger partial charge in [0.15, 0.2) is 5.69 Å². The number of fused-ring (bicyclic) bond motifs is 1. The first-order valence-corrected chi connectivity index (χ1v) is 9.42.